The van der Waals surface area contributed by atoms with Gasteiger partial charge in [0.05, 0.1) is 30.0 Å². The molecule has 1 aromatic carbocycles. The second kappa shape index (κ2) is 6.66. The van der Waals surface area contributed by atoms with Gasteiger partial charge in [-0.1, -0.05) is 17.3 Å². The largest absolute Gasteiger partial charge is 0.334 e. The van der Waals surface area contributed by atoms with E-state index in [1.807, 2.05) is 47.0 Å². The van der Waals surface area contributed by atoms with Crippen molar-refractivity contribution in [3.8, 4) is 0 Å². The third kappa shape index (κ3) is 3.01. The molecule has 0 aliphatic carbocycles. The number of rotatable bonds is 4. The lowest BCUT2D eigenvalue weighted by molar-refractivity contribution is -0.135. The van der Waals surface area contributed by atoms with Crippen molar-refractivity contribution >= 4 is 16.9 Å². The van der Waals surface area contributed by atoms with Gasteiger partial charge in [0.25, 0.3) is 0 Å². The van der Waals surface area contributed by atoms with E-state index in [0.29, 0.717) is 13.0 Å². The Morgan fingerprint density at radius 1 is 1.32 bits per heavy atom. The Hall–Kier alpha value is -2.70. The van der Waals surface area contributed by atoms with Gasteiger partial charge in [-0.05, 0) is 43.9 Å². The Labute approximate surface area is 146 Å². The van der Waals surface area contributed by atoms with Crippen molar-refractivity contribution in [1.82, 2.24) is 30.1 Å². The SMILES string of the molecule is Cc1cn[nH]c1[C@H]1CCCCN1C(=O)CCn1nnc2ccccc21. The molecule has 25 heavy (non-hydrogen) atoms. The van der Waals surface area contributed by atoms with Crippen LogP contribution in [0.2, 0.25) is 0 Å². The smallest absolute Gasteiger partial charge is 0.225 e. The number of nitrogens with one attached hydrogen (secondary N) is 1. The molecule has 0 unspecified atom stereocenters. The lowest BCUT2D eigenvalue weighted by Gasteiger charge is -2.35. The monoisotopic (exact) mass is 338 g/mol. The molecule has 1 saturated heterocycles. The van der Waals surface area contributed by atoms with Crippen LogP contribution in [0.15, 0.2) is 30.5 Å². The van der Waals surface area contributed by atoms with Gasteiger partial charge in [0.1, 0.15) is 5.52 Å². The molecule has 3 aromatic rings. The predicted molar refractivity (Wildman–Crippen MR) is 93.8 cm³/mol. The van der Waals surface area contributed by atoms with Crippen LogP contribution < -0.4 is 0 Å². The summed E-state index contributed by atoms with van der Waals surface area (Å²) in [6.45, 7) is 3.39. The van der Waals surface area contributed by atoms with Gasteiger partial charge in [-0.2, -0.15) is 5.10 Å². The summed E-state index contributed by atoms with van der Waals surface area (Å²) in [5.41, 5.74) is 4.01. The highest BCUT2D eigenvalue weighted by atomic mass is 16.2. The van der Waals surface area contributed by atoms with E-state index < -0.39 is 0 Å². The molecule has 1 atom stereocenters. The number of hydrogen-bond acceptors (Lipinski definition) is 4. The van der Waals surface area contributed by atoms with Gasteiger partial charge < -0.3 is 4.90 Å². The number of hydrogen-bond donors (Lipinski definition) is 1. The summed E-state index contributed by atoms with van der Waals surface area (Å²) in [4.78, 5) is 14.9. The van der Waals surface area contributed by atoms with Crippen molar-refractivity contribution in [3.05, 3.63) is 41.7 Å². The molecule has 0 radical (unpaired) electrons. The van der Waals surface area contributed by atoms with Crippen LogP contribution in [0.1, 0.15) is 43.0 Å². The van der Waals surface area contributed by atoms with Crippen LogP contribution in [-0.4, -0.2) is 42.5 Å². The van der Waals surface area contributed by atoms with Crippen LogP contribution in [-0.2, 0) is 11.3 Å². The minimum atomic E-state index is 0.108. The van der Waals surface area contributed by atoms with E-state index in [1.54, 1.807) is 0 Å². The van der Waals surface area contributed by atoms with E-state index in [1.165, 1.54) is 0 Å². The topological polar surface area (TPSA) is 79.7 Å². The van der Waals surface area contributed by atoms with Gasteiger partial charge in [-0.3, -0.25) is 9.89 Å². The number of aromatic amines is 1. The summed E-state index contributed by atoms with van der Waals surface area (Å²) in [6, 6.07) is 7.93. The summed E-state index contributed by atoms with van der Waals surface area (Å²) in [5.74, 6) is 0.165. The number of carbonyl (C=O) groups excluding carboxylic acids is 1. The van der Waals surface area contributed by atoms with E-state index in [9.17, 15) is 4.79 Å². The van der Waals surface area contributed by atoms with E-state index in [2.05, 4.69) is 20.5 Å². The fourth-order valence-corrected chi connectivity index (χ4v) is 3.65. The Bertz CT molecular complexity index is 882. The number of likely N-dealkylation sites (tertiary alicyclic amines) is 1. The second-order valence-corrected chi connectivity index (χ2v) is 6.62. The molecule has 4 rings (SSSR count). The molecule has 1 aliphatic rings. The standard InChI is InChI=1S/C18H22N6O/c1-13-12-19-21-18(13)16-8-4-5-10-23(16)17(25)9-11-24-15-7-3-2-6-14(15)20-22-24/h2-3,6-7,12,16H,4-5,8-11H2,1H3,(H,19,21)/t16-/m1/s1. The summed E-state index contributed by atoms with van der Waals surface area (Å²) < 4.78 is 1.81. The zero-order valence-electron chi connectivity index (χ0n) is 14.4. The molecule has 2 aromatic heterocycles. The molecule has 7 nitrogen and oxygen atoms in total. The zero-order chi connectivity index (χ0) is 17.2. The first kappa shape index (κ1) is 15.8. The minimum Gasteiger partial charge on any atom is -0.334 e. The van der Waals surface area contributed by atoms with Crippen LogP contribution in [0.5, 0.6) is 0 Å². The number of aromatic nitrogens is 5. The van der Waals surface area contributed by atoms with Gasteiger partial charge in [-0.25, -0.2) is 4.68 Å². The lowest BCUT2D eigenvalue weighted by Crippen LogP contribution is -2.39. The predicted octanol–water partition coefficient (Wildman–Crippen LogP) is 2.61. The highest BCUT2D eigenvalue weighted by Gasteiger charge is 2.29. The number of para-hydroxylation sites is 1. The van der Waals surface area contributed by atoms with E-state index in [4.69, 9.17) is 0 Å². The Morgan fingerprint density at radius 3 is 3.04 bits per heavy atom. The Kier molecular flexibility index (Phi) is 4.21. The highest BCUT2D eigenvalue weighted by molar-refractivity contribution is 5.77. The molecule has 0 spiro atoms. The van der Waals surface area contributed by atoms with Crippen molar-refractivity contribution in [2.24, 2.45) is 0 Å². The van der Waals surface area contributed by atoms with Gasteiger partial charge >= 0.3 is 0 Å². The van der Waals surface area contributed by atoms with Crippen molar-refractivity contribution < 1.29 is 4.79 Å². The lowest BCUT2D eigenvalue weighted by atomic mass is 9.97. The summed E-state index contributed by atoms with van der Waals surface area (Å²) in [7, 11) is 0. The van der Waals surface area contributed by atoms with Gasteiger partial charge in [0.2, 0.25) is 5.91 Å². The number of piperidine rings is 1. The third-order valence-electron chi connectivity index (χ3n) is 4.98. The number of carbonyl (C=O) groups is 1. The number of amides is 1. The number of H-pyrrole nitrogens is 1. The van der Waals surface area contributed by atoms with Crippen molar-refractivity contribution in [3.63, 3.8) is 0 Å². The van der Waals surface area contributed by atoms with Crippen LogP contribution in [0.4, 0.5) is 0 Å². The first-order valence-electron chi connectivity index (χ1n) is 8.81. The first-order chi connectivity index (χ1) is 12.2. The molecular weight excluding hydrogens is 316 g/mol. The van der Waals surface area contributed by atoms with Crippen molar-refractivity contribution in [2.45, 2.75) is 45.2 Å². The van der Waals surface area contributed by atoms with Crippen molar-refractivity contribution in [2.75, 3.05) is 6.54 Å². The third-order valence-corrected chi connectivity index (χ3v) is 4.98. The van der Waals surface area contributed by atoms with Crippen molar-refractivity contribution in [1.29, 1.82) is 0 Å². The van der Waals surface area contributed by atoms with E-state index in [0.717, 1.165) is 48.1 Å². The fourth-order valence-electron chi connectivity index (χ4n) is 3.65. The normalized spacial score (nSPS) is 18.0. The molecule has 1 N–H and O–H groups in total. The number of aryl methyl sites for hydroxylation is 2. The summed E-state index contributed by atoms with van der Waals surface area (Å²) in [5, 5.41) is 15.5. The molecule has 7 heteroatoms. The summed E-state index contributed by atoms with van der Waals surface area (Å²) in [6.07, 6.45) is 5.44. The molecule has 130 valence electrons. The molecule has 1 amide bonds. The molecule has 0 saturated carbocycles. The maximum atomic E-state index is 12.9. The maximum Gasteiger partial charge on any atom is 0.225 e. The van der Waals surface area contributed by atoms with Gasteiger partial charge in [0, 0.05) is 13.0 Å². The Morgan fingerprint density at radius 2 is 2.20 bits per heavy atom. The summed E-state index contributed by atoms with van der Waals surface area (Å²) >= 11 is 0. The molecule has 1 aliphatic heterocycles. The van der Waals surface area contributed by atoms with Crippen LogP contribution in [0.25, 0.3) is 11.0 Å². The maximum absolute atomic E-state index is 12.9. The molecule has 3 heterocycles. The average Bonchev–Trinajstić information content (AvgIpc) is 3.26. The fraction of sp³-hybridized carbons (Fsp3) is 0.444. The number of benzene rings is 1. The van der Waals surface area contributed by atoms with Gasteiger partial charge in [0.15, 0.2) is 0 Å². The highest BCUT2D eigenvalue weighted by Crippen LogP contribution is 2.31. The van der Waals surface area contributed by atoms with Crippen LogP contribution in [0, 0.1) is 6.92 Å². The first-order valence-corrected chi connectivity index (χ1v) is 8.81. The molecule has 0 bridgehead atoms. The molecule has 1 fully saturated rings. The minimum absolute atomic E-state index is 0.108. The second-order valence-electron chi connectivity index (χ2n) is 6.62. The average molecular weight is 338 g/mol. The van der Waals surface area contributed by atoms with E-state index in [-0.39, 0.29) is 11.9 Å². The van der Waals surface area contributed by atoms with Gasteiger partial charge in [-0.15, -0.1) is 5.10 Å². The quantitative estimate of drug-likeness (QED) is 0.793. The number of nitrogens with zero attached hydrogens (tertiary/aromatic N) is 5. The van der Waals surface area contributed by atoms with E-state index >= 15 is 0 Å². The van der Waals surface area contributed by atoms with Crippen LogP contribution in [0.3, 0.4) is 0 Å². The zero-order valence-corrected chi connectivity index (χ0v) is 14.4. The molecular formula is C18H22N6O. The van der Waals surface area contributed by atoms with Crippen LogP contribution >= 0.6 is 0 Å². The Balaban J connectivity index is 1.48. The number of fused-ring (bicyclic) bond motifs is 1.